The number of methoxy groups -OCH3 is 1. The van der Waals surface area contributed by atoms with Gasteiger partial charge >= 0.3 is 0 Å². The van der Waals surface area contributed by atoms with Gasteiger partial charge in [0, 0.05) is 24.1 Å². The maximum atomic E-state index is 12.4. The molecule has 0 unspecified atom stereocenters. The Hall–Kier alpha value is -2.36. The van der Waals surface area contributed by atoms with Gasteiger partial charge in [-0.1, -0.05) is 70.7 Å². The van der Waals surface area contributed by atoms with E-state index in [2.05, 4.69) is 39.1 Å². The van der Waals surface area contributed by atoms with Crippen molar-refractivity contribution in [1.29, 1.82) is 0 Å². The van der Waals surface area contributed by atoms with E-state index < -0.39 is 0 Å². The Morgan fingerprint density at radius 2 is 1.68 bits per heavy atom. The molecule has 1 aromatic carbocycles. The zero-order valence-corrected chi connectivity index (χ0v) is 26.0. The maximum absolute atomic E-state index is 12.4. The van der Waals surface area contributed by atoms with Gasteiger partial charge in [-0.25, -0.2) is 0 Å². The van der Waals surface area contributed by atoms with Crippen molar-refractivity contribution in [1.82, 2.24) is 0 Å². The minimum Gasteiger partial charge on any atom is -0.496 e. The molecule has 0 saturated heterocycles. The van der Waals surface area contributed by atoms with Crippen molar-refractivity contribution in [3.63, 3.8) is 0 Å². The summed E-state index contributed by atoms with van der Waals surface area (Å²) in [6.07, 6.45) is 15.7. The fraction of sp³-hybridized carbons (Fsp3) is 0.647. The van der Waals surface area contributed by atoms with Crippen LogP contribution in [0.1, 0.15) is 125 Å². The van der Waals surface area contributed by atoms with Gasteiger partial charge in [0.2, 0.25) is 5.91 Å². The van der Waals surface area contributed by atoms with Crippen LogP contribution in [0.2, 0.25) is 0 Å². The zero-order chi connectivity index (χ0) is 28.9. The molecule has 1 saturated carbocycles. The monoisotopic (exact) mass is 527 g/mol. The summed E-state index contributed by atoms with van der Waals surface area (Å²) in [6.45, 7) is 16.9. The molecule has 0 radical (unpaired) electrons. The van der Waals surface area contributed by atoms with Crippen molar-refractivity contribution in [3.05, 3.63) is 46.6 Å². The first-order valence-corrected chi connectivity index (χ1v) is 15.1. The Labute approximate surface area is 234 Å². The standard InChI is InChI=1S/C18H27NO2.C10H16.C4H8O.C2H6/c1-4-5-14-7-9-15(10-8-14)18(20)19-16-11-6-13(2)17(12-16)21-3;1-4-10-8(2)6-5-7-9(10)3;1-2-3-4-5;1-2/h6,11-12,14-15H,4-5,7-10H2,1-3H3,(H,19,20);6H,4-5,7H2,1-3H3;4H,2-3H2,1H3;1-2H3. The molecule has 0 aromatic heterocycles. The molecule has 1 N–H and O–H groups in total. The fourth-order valence-electron chi connectivity index (χ4n) is 5.08. The van der Waals surface area contributed by atoms with Gasteiger partial charge in [0.05, 0.1) is 7.11 Å². The zero-order valence-electron chi connectivity index (χ0n) is 26.0. The first kappa shape index (κ1) is 35.6. The molecule has 1 aromatic rings. The number of ether oxygens (including phenoxy) is 1. The van der Waals surface area contributed by atoms with Gasteiger partial charge in [0.1, 0.15) is 12.0 Å². The second-order valence-electron chi connectivity index (χ2n) is 10.2. The lowest BCUT2D eigenvalue weighted by Gasteiger charge is -2.27. The van der Waals surface area contributed by atoms with E-state index in [0.717, 1.165) is 48.5 Å². The highest BCUT2D eigenvalue weighted by Crippen LogP contribution is 2.32. The number of carbonyl (C=O) groups excluding carboxylic acids is 2. The molecule has 0 bridgehead atoms. The molecule has 0 spiro atoms. The number of nitrogens with one attached hydrogen (secondary N) is 1. The Kier molecular flexibility index (Phi) is 20.2. The van der Waals surface area contributed by atoms with Gasteiger partial charge in [-0.05, 0) is 95.3 Å². The van der Waals surface area contributed by atoms with Crippen molar-refractivity contribution in [2.24, 2.45) is 11.8 Å². The molecule has 0 atom stereocenters. The summed E-state index contributed by atoms with van der Waals surface area (Å²) in [5.74, 6) is 1.99. The minimum atomic E-state index is 0.163. The quantitative estimate of drug-likeness (QED) is 0.342. The van der Waals surface area contributed by atoms with Crippen LogP contribution in [0.3, 0.4) is 0 Å². The molecule has 216 valence electrons. The largest absolute Gasteiger partial charge is 0.496 e. The Morgan fingerprint density at radius 3 is 2.13 bits per heavy atom. The summed E-state index contributed by atoms with van der Waals surface area (Å²) in [5, 5.41) is 3.04. The van der Waals surface area contributed by atoms with Crippen molar-refractivity contribution >= 4 is 17.9 Å². The number of hydrogen-bond acceptors (Lipinski definition) is 3. The SMILES string of the molecule is CC.CCC1=C(C)CCC=C1C.CCCC1CCC(C(=O)Nc2ccc(C)c(OC)c2)CC1.CCCC=O. The summed E-state index contributed by atoms with van der Waals surface area (Å²) in [5.41, 5.74) is 6.61. The highest BCUT2D eigenvalue weighted by Gasteiger charge is 2.25. The predicted octanol–water partition coefficient (Wildman–Crippen LogP) is 10.0. The van der Waals surface area contributed by atoms with E-state index >= 15 is 0 Å². The summed E-state index contributed by atoms with van der Waals surface area (Å²) >= 11 is 0. The van der Waals surface area contributed by atoms with Crippen LogP contribution >= 0.6 is 0 Å². The van der Waals surface area contributed by atoms with Crippen LogP contribution in [0.5, 0.6) is 5.75 Å². The van der Waals surface area contributed by atoms with Gasteiger partial charge in [-0.3, -0.25) is 4.79 Å². The van der Waals surface area contributed by atoms with E-state index in [1.807, 2.05) is 45.9 Å². The van der Waals surface area contributed by atoms with Gasteiger partial charge in [0.25, 0.3) is 0 Å². The number of anilines is 1. The van der Waals surface area contributed by atoms with E-state index in [1.54, 1.807) is 18.3 Å². The van der Waals surface area contributed by atoms with Gasteiger partial charge in [-0.15, -0.1) is 0 Å². The summed E-state index contributed by atoms with van der Waals surface area (Å²) < 4.78 is 5.30. The lowest BCUT2D eigenvalue weighted by molar-refractivity contribution is -0.121. The molecular weight excluding hydrogens is 470 g/mol. The van der Waals surface area contributed by atoms with E-state index in [0.29, 0.717) is 6.42 Å². The predicted molar refractivity (Wildman–Crippen MR) is 165 cm³/mol. The van der Waals surface area contributed by atoms with E-state index in [4.69, 9.17) is 4.74 Å². The van der Waals surface area contributed by atoms with Crippen LogP contribution in [0.15, 0.2) is 41.0 Å². The van der Waals surface area contributed by atoms with Crippen LogP contribution in [0.4, 0.5) is 5.69 Å². The van der Waals surface area contributed by atoms with E-state index in [-0.39, 0.29) is 11.8 Å². The smallest absolute Gasteiger partial charge is 0.227 e. The first-order chi connectivity index (χ1) is 18.3. The third-order valence-electron chi connectivity index (χ3n) is 7.31. The topological polar surface area (TPSA) is 55.4 Å². The Morgan fingerprint density at radius 1 is 1.03 bits per heavy atom. The number of amides is 1. The Balaban J connectivity index is 0.000000666. The van der Waals surface area contributed by atoms with Gasteiger partial charge < -0.3 is 14.8 Å². The van der Waals surface area contributed by atoms with Crippen LogP contribution < -0.4 is 10.1 Å². The van der Waals surface area contributed by atoms with Crippen molar-refractivity contribution in [3.8, 4) is 5.75 Å². The number of aldehydes is 1. The van der Waals surface area contributed by atoms with E-state index in [9.17, 15) is 9.59 Å². The molecule has 38 heavy (non-hydrogen) atoms. The molecule has 4 heteroatoms. The molecule has 3 rings (SSSR count). The number of allylic oxidation sites excluding steroid dienone is 4. The molecule has 2 aliphatic rings. The molecular formula is C34H57NO3. The van der Waals surface area contributed by atoms with Crippen molar-refractivity contribution in [2.45, 2.75) is 126 Å². The molecule has 1 amide bonds. The second-order valence-corrected chi connectivity index (χ2v) is 10.2. The van der Waals surface area contributed by atoms with Crippen LogP contribution in [0, 0.1) is 18.8 Å². The maximum Gasteiger partial charge on any atom is 0.227 e. The Bertz CT molecular complexity index is 860. The minimum absolute atomic E-state index is 0.163. The highest BCUT2D eigenvalue weighted by molar-refractivity contribution is 5.92. The average molecular weight is 528 g/mol. The summed E-state index contributed by atoms with van der Waals surface area (Å²) in [4.78, 5) is 21.8. The number of aryl methyl sites for hydroxylation is 1. The van der Waals surface area contributed by atoms with Gasteiger partial charge in [-0.2, -0.15) is 0 Å². The third-order valence-corrected chi connectivity index (χ3v) is 7.31. The number of rotatable bonds is 8. The fourth-order valence-corrected chi connectivity index (χ4v) is 5.08. The molecule has 1 fully saturated rings. The lowest BCUT2D eigenvalue weighted by atomic mass is 9.80. The van der Waals surface area contributed by atoms with Crippen LogP contribution in [0.25, 0.3) is 0 Å². The number of benzene rings is 1. The number of carbonyl (C=O) groups is 2. The molecule has 2 aliphatic carbocycles. The highest BCUT2D eigenvalue weighted by atomic mass is 16.5. The van der Waals surface area contributed by atoms with Crippen molar-refractivity contribution in [2.75, 3.05) is 12.4 Å². The van der Waals surface area contributed by atoms with E-state index in [1.165, 1.54) is 50.5 Å². The van der Waals surface area contributed by atoms with Crippen LogP contribution in [-0.2, 0) is 9.59 Å². The average Bonchev–Trinajstić information content (AvgIpc) is 2.93. The molecule has 0 aliphatic heterocycles. The summed E-state index contributed by atoms with van der Waals surface area (Å²) in [6, 6.07) is 5.82. The number of hydrogen-bond donors (Lipinski definition) is 1. The second kappa shape index (κ2) is 21.6. The molecule has 0 heterocycles. The van der Waals surface area contributed by atoms with Crippen LogP contribution in [-0.4, -0.2) is 19.3 Å². The van der Waals surface area contributed by atoms with Gasteiger partial charge in [0.15, 0.2) is 0 Å². The van der Waals surface area contributed by atoms with Crippen molar-refractivity contribution < 1.29 is 14.3 Å². The normalized spacial score (nSPS) is 18.3. The molecule has 4 nitrogen and oxygen atoms in total. The first-order valence-electron chi connectivity index (χ1n) is 15.1. The lowest BCUT2D eigenvalue weighted by Crippen LogP contribution is -2.27. The third kappa shape index (κ3) is 13.4. The number of unbranched alkanes of at least 4 members (excludes halogenated alkanes) is 1. The summed E-state index contributed by atoms with van der Waals surface area (Å²) in [7, 11) is 1.66.